The summed E-state index contributed by atoms with van der Waals surface area (Å²) in [6, 6.07) is 6.37. The summed E-state index contributed by atoms with van der Waals surface area (Å²) in [7, 11) is 7.10. The van der Waals surface area contributed by atoms with Gasteiger partial charge in [-0.3, -0.25) is 24.1 Å². The van der Waals surface area contributed by atoms with Crippen LogP contribution in [0.15, 0.2) is 24.3 Å². The normalized spacial score (nSPS) is 18.5. The first-order chi connectivity index (χ1) is 24.1. The van der Waals surface area contributed by atoms with E-state index >= 15 is 0 Å². The average molecular weight is 747 g/mol. The second-order valence-corrected chi connectivity index (χ2v) is 17.0. The molecule has 51 heavy (non-hydrogen) atoms. The van der Waals surface area contributed by atoms with Crippen molar-refractivity contribution in [3.8, 4) is 0 Å². The zero-order valence-electron chi connectivity index (χ0n) is 32.6. The molecular weight excluding hydrogens is 685 g/mol. The maximum atomic E-state index is 14.2. The van der Waals surface area contributed by atoms with Gasteiger partial charge in [-0.1, -0.05) is 60.1 Å². The first kappa shape index (κ1) is 42.7. The summed E-state index contributed by atoms with van der Waals surface area (Å²) in [5.41, 5.74) is 0.931. The van der Waals surface area contributed by atoms with Crippen LogP contribution in [-0.2, 0) is 30.5 Å². The Labute approximate surface area is 314 Å². The lowest BCUT2D eigenvalue weighted by Gasteiger charge is -2.41. The molecule has 4 amide bonds. The molecular formula is C38H62N6O5S2. The van der Waals surface area contributed by atoms with Gasteiger partial charge < -0.3 is 25.2 Å². The van der Waals surface area contributed by atoms with Crippen molar-refractivity contribution >= 4 is 56.9 Å². The van der Waals surface area contributed by atoms with E-state index < -0.39 is 18.2 Å². The first-order valence-corrected chi connectivity index (χ1v) is 20.4. The number of likely N-dealkylation sites (N-methyl/N-ethyl adjacent to an activating group) is 2. The minimum atomic E-state index is -0.727. The Morgan fingerprint density at radius 2 is 1.75 bits per heavy atom. The molecule has 1 aromatic heterocycles. The molecule has 1 aliphatic rings. The summed E-state index contributed by atoms with van der Waals surface area (Å²) in [5.74, 6) is -0.523. The SMILES string of the molecule is CCC(C)C(C(CC(=O)N1CCCC1C(CC(=O)NCc1nc2ccccc2s1)SC)OC)N(C)C(=O)C(NC(=O)C(C(C)C)N(C)C)C(C)C. The highest BCUT2D eigenvalue weighted by molar-refractivity contribution is 7.99. The van der Waals surface area contributed by atoms with Crippen LogP contribution in [0, 0.1) is 17.8 Å². The van der Waals surface area contributed by atoms with Crippen molar-refractivity contribution in [3.63, 3.8) is 0 Å². The van der Waals surface area contributed by atoms with E-state index in [1.54, 1.807) is 42.2 Å². The molecule has 3 rings (SSSR count). The van der Waals surface area contributed by atoms with Crippen molar-refractivity contribution in [2.75, 3.05) is 41.1 Å². The lowest BCUT2D eigenvalue weighted by molar-refractivity contribution is -0.146. The monoisotopic (exact) mass is 746 g/mol. The lowest BCUT2D eigenvalue weighted by Crippen LogP contribution is -2.59. The molecule has 1 fully saturated rings. The number of likely N-dealkylation sites (tertiary alicyclic amines) is 1. The van der Waals surface area contributed by atoms with E-state index in [0.717, 1.165) is 34.5 Å². The van der Waals surface area contributed by atoms with Crippen molar-refractivity contribution < 1.29 is 23.9 Å². The third-order valence-corrected chi connectivity index (χ3v) is 12.4. The molecule has 0 aliphatic carbocycles. The summed E-state index contributed by atoms with van der Waals surface area (Å²) < 4.78 is 7.13. The number of carbonyl (C=O) groups is 4. The van der Waals surface area contributed by atoms with E-state index in [0.29, 0.717) is 19.5 Å². The van der Waals surface area contributed by atoms with Crippen LogP contribution >= 0.6 is 23.1 Å². The Morgan fingerprint density at radius 1 is 1.06 bits per heavy atom. The Kier molecular flexibility index (Phi) is 16.7. The van der Waals surface area contributed by atoms with Gasteiger partial charge in [0.2, 0.25) is 23.6 Å². The van der Waals surface area contributed by atoms with Gasteiger partial charge in [0, 0.05) is 38.4 Å². The molecule has 2 heterocycles. The molecule has 0 bridgehead atoms. The van der Waals surface area contributed by atoms with Crippen molar-refractivity contribution in [2.24, 2.45) is 17.8 Å². The number of rotatable bonds is 19. The number of thiazole rings is 1. The number of methoxy groups -OCH3 is 1. The zero-order valence-corrected chi connectivity index (χ0v) is 34.2. The van der Waals surface area contributed by atoms with Crippen LogP contribution in [0.5, 0.6) is 0 Å². The predicted octanol–water partition coefficient (Wildman–Crippen LogP) is 5.03. The van der Waals surface area contributed by atoms with E-state index in [1.165, 1.54) is 0 Å². The van der Waals surface area contributed by atoms with Crippen LogP contribution in [0.4, 0.5) is 0 Å². The smallest absolute Gasteiger partial charge is 0.245 e. The fourth-order valence-electron chi connectivity index (χ4n) is 7.41. The largest absolute Gasteiger partial charge is 0.379 e. The van der Waals surface area contributed by atoms with Crippen molar-refractivity contribution in [3.05, 3.63) is 29.3 Å². The van der Waals surface area contributed by atoms with Crippen LogP contribution in [0.3, 0.4) is 0 Å². The minimum Gasteiger partial charge on any atom is -0.379 e. The van der Waals surface area contributed by atoms with Gasteiger partial charge in [0.25, 0.3) is 0 Å². The van der Waals surface area contributed by atoms with Crippen molar-refractivity contribution in [1.82, 2.24) is 30.3 Å². The summed E-state index contributed by atoms with van der Waals surface area (Å²) in [5, 5.41) is 6.90. The van der Waals surface area contributed by atoms with E-state index in [2.05, 4.69) is 29.5 Å². The van der Waals surface area contributed by atoms with Crippen LogP contribution < -0.4 is 10.6 Å². The summed E-state index contributed by atoms with van der Waals surface area (Å²) >= 11 is 3.20. The molecule has 1 aliphatic heterocycles. The summed E-state index contributed by atoms with van der Waals surface area (Å²) in [4.78, 5) is 64.9. The van der Waals surface area contributed by atoms with Gasteiger partial charge in [0.15, 0.2) is 0 Å². The number of nitrogens with zero attached hydrogens (tertiary/aromatic N) is 4. The first-order valence-electron chi connectivity index (χ1n) is 18.3. The number of amides is 4. The van der Waals surface area contributed by atoms with Gasteiger partial charge in [-0.25, -0.2) is 4.98 Å². The van der Waals surface area contributed by atoms with Gasteiger partial charge in [-0.2, -0.15) is 11.8 Å². The Bertz CT molecular complexity index is 1410. The van der Waals surface area contributed by atoms with Gasteiger partial charge in [0.1, 0.15) is 11.0 Å². The maximum absolute atomic E-state index is 14.2. The standard InChI is InChI=1S/C38H62N6O5S2/c1-12-25(6)36(43(9)38(48)34(23(2)3)41-37(47)35(24(4)5)42(7)8)28(49-10)20-33(46)44-19-15-17-27(44)30(50-11)21-31(45)39-22-32-40-26-16-13-14-18-29(26)51-32/h13-14,16,18,23-25,27-28,30,34-36H,12,15,17,19-22H2,1-11H3,(H,39,45)(H,41,47). The molecule has 7 atom stereocenters. The summed E-state index contributed by atoms with van der Waals surface area (Å²) in [6.07, 6.45) is 4.32. The highest BCUT2D eigenvalue weighted by Crippen LogP contribution is 2.31. The van der Waals surface area contributed by atoms with Crippen LogP contribution in [0.1, 0.15) is 78.7 Å². The minimum absolute atomic E-state index is 0.0258. The van der Waals surface area contributed by atoms with Gasteiger partial charge in [0.05, 0.1) is 41.4 Å². The highest BCUT2D eigenvalue weighted by Gasteiger charge is 2.41. The molecule has 0 saturated carbocycles. The van der Waals surface area contributed by atoms with E-state index in [1.807, 2.05) is 82.1 Å². The number of carbonyl (C=O) groups excluding carboxylic acids is 4. The molecule has 0 spiro atoms. The summed E-state index contributed by atoms with van der Waals surface area (Å²) in [6.45, 7) is 13.0. The van der Waals surface area contributed by atoms with E-state index in [-0.39, 0.29) is 65.1 Å². The number of hydrogen-bond donors (Lipinski definition) is 2. The topological polar surface area (TPSA) is 124 Å². The van der Waals surface area contributed by atoms with Crippen molar-refractivity contribution in [2.45, 2.75) is 116 Å². The lowest BCUT2D eigenvalue weighted by atomic mass is 9.89. The number of fused-ring (bicyclic) bond motifs is 1. The van der Waals surface area contributed by atoms with Gasteiger partial charge in [-0.05, 0) is 63.1 Å². The van der Waals surface area contributed by atoms with Gasteiger partial charge >= 0.3 is 0 Å². The molecule has 2 N–H and O–H groups in total. The predicted molar refractivity (Wildman–Crippen MR) is 209 cm³/mol. The Hall–Kier alpha value is -2.74. The zero-order chi connectivity index (χ0) is 38.0. The molecule has 0 radical (unpaired) electrons. The number of nitrogens with one attached hydrogen (secondary N) is 2. The number of benzene rings is 1. The number of para-hydroxylation sites is 1. The molecule has 1 aromatic carbocycles. The molecule has 13 heteroatoms. The third kappa shape index (κ3) is 11.1. The number of thioether (sulfide) groups is 1. The van der Waals surface area contributed by atoms with Crippen molar-refractivity contribution in [1.29, 1.82) is 0 Å². The quantitative estimate of drug-likeness (QED) is 0.205. The van der Waals surface area contributed by atoms with Gasteiger partial charge in [-0.15, -0.1) is 11.3 Å². The average Bonchev–Trinajstić information content (AvgIpc) is 3.74. The fourth-order valence-corrected chi connectivity index (χ4v) is 9.24. The number of ether oxygens (including phenoxy) is 1. The van der Waals surface area contributed by atoms with E-state index in [4.69, 9.17) is 4.74 Å². The van der Waals surface area contributed by atoms with Crippen LogP contribution in [0.2, 0.25) is 0 Å². The Balaban J connectivity index is 1.71. The molecule has 1 saturated heterocycles. The van der Waals surface area contributed by atoms with E-state index in [9.17, 15) is 19.2 Å². The Morgan fingerprint density at radius 3 is 2.31 bits per heavy atom. The second kappa shape index (κ2) is 19.9. The van der Waals surface area contributed by atoms with Crippen LogP contribution in [-0.4, -0.2) is 120 Å². The number of aromatic nitrogens is 1. The third-order valence-electron chi connectivity index (χ3n) is 10.3. The second-order valence-electron chi connectivity index (χ2n) is 14.8. The molecule has 2 aromatic rings. The maximum Gasteiger partial charge on any atom is 0.245 e. The number of hydrogen-bond acceptors (Lipinski definition) is 9. The van der Waals surface area contributed by atoms with Crippen LogP contribution in [0.25, 0.3) is 10.2 Å². The molecule has 11 nitrogen and oxygen atoms in total. The fraction of sp³-hybridized carbons (Fsp3) is 0.711. The molecule has 7 unspecified atom stereocenters. The molecule has 286 valence electrons. The highest BCUT2D eigenvalue weighted by atomic mass is 32.2.